The summed E-state index contributed by atoms with van der Waals surface area (Å²) in [7, 11) is -1.04. The van der Waals surface area contributed by atoms with Gasteiger partial charge in [-0.05, 0) is 23.5 Å². The van der Waals surface area contributed by atoms with E-state index in [1.54, 1.807) is 5.41 Å². The standard InChI is InChI=1S/C16H16OS/c1-2-13-18(17)16(14-9-5-3-6-10-14)15-11-7-4-8-12-15/h2-13,16H,1H3/b13-2+. The summed E-state index contributed by atoms with van der Waals surface area (Å²) in [6.45, 7) is 1.89. The van der Waals surface area contributed by atoms with Gasteiger partial charge in [-0.2, -0.15) is 0 Å². The minimum Gasteiger partial charge on any atom is -0.254 e. The molecule has 2 aromatic carbocycles. The summed E-state index contributed by atoms with van der Waals surface area (Å²) >= 11 is 0. The van der Waals surface area contributed by atoms with Gasteiger partial charge < -0.3 is 0 Å². The maximum Gasteiger partial charge on any atom is 0.0887 e. The second-order valence-electron chi connectivity index (χ2n) is 4.00. The lowest BCUT2D eigenvalue weighted by atomic mass is 10.0. The van der Waals surface area contributed by atoms with E-state index in [-0.39, 0.29) is 5.25 Å². The highest BCUT2D eigenvalue weighted by atomic mass is 32.2. The first-order valence-corrected chi connectivity index (χ1v) is 7.22. The van der Waals surface area contributed by atoms with Crippen molar-refractivity contribution in [2.24, 2.45) is 0 Å². The lowest BCUT2D eigenvalue weighted by Crippen LogP contribution is -2.06. The van der Waals surface area contributed by atoms with E-state index in [0.29, 0.717) is 0 Å². The fourth-order valence-corrected chi connectivity index (χ4v) is 3.21. The molecule has 92 valence electrons. The first-order chi connectivity index (χ1) is 8.83. The van der Waals surface area contributed by atoms with Crippen LogP contribution >= 0.6 is 0 Å². The Morgan fingerprint density at radius 3 is 1.72 bits per heavy atom. The molecule has 0 spiro atoms. The Kier molecular flexibility index (Phi) is 4.48. The molecule has 2 rings (SSSR count). The molecule has 0 aliphatic carbocycles. The Morgan fingerprint density at radius 2 is 1.33 bits per heavy atom. The van der Waals surface area contributed by atoms with Gasteiger partial charge in [-0.3, -0.25) is 4.21 Å². The van der Waals surface area contributed by atoms with Crippen LogP contribution in [0, 0.1) is 0 Å². The third-order valence-corrected chi connectivity index (χ3v) is 4.26. The van der Waals surface area contributed by atoms with Gasteiger partial charge in [0.15, 0.2) is 0 Å². The van der Waals surface area contributed by atoms with Crippen molar-refractivity contribution < 1.29 is 4.21 Å². The third kappa shape index (κ3) is 2.96. The van der Waals surface area contributed by atoms with Crippen LogP contribution in [0.15, 0.2) is 72.1 Å². The van der Waals surface area contributed by atoms with Crippen LogP contribution in [-0.4, -0.2) is 4.21 Å². The normalized spacial score (nSPS) is 13.0. The number of hydrogen-bond acceptors (Lipinski definition) is 1. The molecule has 0 aliphatic rings. The fraction of sp³-hybridized carbons (Fsp3) is 0.125. The number of hydrogen-bond donors (Lipinski definition) is 0. The van der Waals surface area contributed by atoms with Gasteiger partial charge in [-0.15, -0.1) is 0 Å². The molecule has 1 unspecified atom stereocenters. The average Bonchev–Trinajstić information content (AvgIpc) is 2.42. The van der Waals surface area contributed by atoms with Gasteiger partial charge >= 0.3 is 0 Å². The van der Waals surface area contributed by atoms with Crippen molar-refractivity contribution in [1.29, 1.82) is 0 Å². The van der Waals surface area contributed by atoms with Crippen molar-refractivity contribution >= 4 is 10.8 Å². The van der Waals surface area contributed by atoms with E-state index >= 15 is 0 Å². The van der Waals surface area contributed by atoms with Crippen molar-refractivity contribution in [2.75, 3.05) is 0 Å². The lowest BCUT2D eigenvalue weighted by Gasteiger charge is -2.15. The largest absolute Gasteiger partial charge is 0.254 e. The minimum atomic E-state index is -1.04. The van der Waals surface area contributed by atoms with E-state index in [2.05, 4.69) is 0 Å². The summed E-state index contributed by atoms with van der Waals surface area (Å²) in [5.41, 5.74) is 2.17. The summed E-state index contributed by atoms with van der Waals surface area (Å²) in [6, 6.07) is 20.0. The van der Waals surface area contributed by atoms with Crippen LogP contribution < -0.4 is 0 Å². The van der Waals surface area contributed by atoms with Crippen LogP contribution in [0.3, 0.4) is 0 Å². The van der Waals surface area contributed by atoms with Gasteiger partial charge in [0.25, 0.3) is 0 Å². The average molecular weight is 256 g/mol. The smallest absolute Gasteiger partial charge is 0.0887 e. The monoisotopic (exact) mass is 256 g/mol. The maximum absolute atomic E-state index is 12.4. The second kappa shape index (κ2) is 6.31. The summed E-state index contributed by atoms with van der Waals surface area (Å²) in [5, 5.41) is 1.66. The van der Waals surface area contributed by atoms with Crippen LogP contribution in [0.5, 0.6) is 0 Å². The van der Waals surface area contributed by atoms with Crippen LogP contribution in [0.4, 0.5) is 0 Å². The van der Waals surface area contributed by atoms with E-state index in [1.807, 2.05) is 73.7 Å². The molecular weight excluding hydrogens is 240 g/mol. The Bertz CT molecular complexity index is 492. The van der Waals surface area contributed by atoms with E-state index in [0.717, 1.165) is 11.1 Å². The predicted molar refractivity (Wildman–Crippen MR) is 77.7 cm³/mol. The number of allylic oxidation sites excluding steroid dienone is 1. The van der Waals surface area contributed by atoms with E-state index < -0.39 is 10.8 Å². The van der Waals surface area contributed by atoms with Gasteiger partial charge in [-0.1, -0.05) is 66.7 Å². The van der Waals surface area contributed by atoms with Crippen molar-refractivity contribution in [3.63, 3.8) is 0 Å². The van der Waals surface area contributed by atoms with Crippen molar-refractivity contribution in [2.45, 2.75) is 12.2 Å². The summed E-state index contributed by atoms with van der Waals surface area (Å²) < 4.78 is 12.4. The molecule has 2 aromatic rings. The van der Waals surface area contributed by atoms with E-state index in [1.165, 1.54) is 0 Å². The number of benzene rings is 2. The van der Waals surface area contributed by atoms with Crippen LogP contribution in [0.2, 0.25) is 0 Å². The Labute approximate surface area is 111 Å². The van der Waals surface area contributed by atoms with Crippen molar-refractivity contribution in [1.82, 2.24) is 0 Å². The molecule has 1 nitrogen and oxygen atoms in total. The maximum atomic E-state index is 12.4. The Hall–Kier alpha value is -1.67. The molecule has 0 aromatic heterocycles. The topological polar surface area (TPSA) is 17.1 Å². The molecule has 0 radical (unpaired) electrons. The molecule has 0 bridgehead atoms. The zero-order valence-electron chi connectivity index (χ0n) is 10.3. The highest BCUT2D eigenvalue weighted by Gasteiger charge is 2.18. The molecule has 0 saturated heterocycles. The Morgan fingerprint density at radius 1 is 0.889 bits per heavy atom. The lowest BCUT2D eigenvalue weighted by molar-refractivity contribution is 0.684. The molecule has 0 amide bonds. The second-order valence-corrected chi connectivity index (χ2v) is 5.40. The van der Waals surface area contributed by atoms with Gasteiger partial charge in [-0.25, -0.2) is 0 Å². The van der Waals surface area contributed by atoms with Gasteiger partial charge in [0.1, 0.15) is 0 Å². The molecule has 1 atom stereocenters. The van der Waals surface area contributed by atoms with Crippen LogP contribution in [-0.2, 0) is 10.8 Å². The molecule has 0 aliphatic heterocycles. The Balaban J connectivity index is 2.45. The summed E-state index contributed by atoms with van der Waals surface area (Å²) in [4.78, 5) is 0. The SMILES string of the molecule is C/C=C/S(=O)C(c1ccccc1)c1ccccc1. The predicted octanol–water partition coefficient (Wildman–Crippen LogP) is 4.06. The molecule has 0 N–H and O–H groups in total. The highest BCUT2D eigenvalue weighted by molar-refractivity contribution is 7.88. The fourth-order valence-electron chi connectivity index (χ4n) is 1.93. The zero-order valence-corrected chi connectivity index (χ0v) is 11.1. The van der Waals surface area contributed by atoms with E-state index in [9.17, 15) is 4.21 Å². The third-order valence-electron chi connectivity index (χ3n) is 2.71. The molecule has 2 heteroatoms. The van der Waals surface area contributed by atoms with E-state index in [4.69, 9.17) is 0 Å². The van der Waals surface area contributed by atoms with Gasteiger partial charge in [0.2, 0.25) is 0 Å². The summed E-state index contributed by atoms with van der Waals surface area (Å²) in [6.07, 6.45) is 1.84. The first-order valence-electron chi connectivity index (χ1n) is 5.95. The van der Waals surface area contributed by atoms with Crippen LogP contribution in [0.1, 0.15) is 23.3 Å². The highest BCUT2D eigenvalue weighted by Crippen LogP contribution is 2.28. The van der Waals surface area contributed by atoms with Crippen molar-refractivity contribution in [3.8, 4) is 0 Å². The van der Waals surface area contributed by atoms with Gasteiger partial charge in [0.05, 0.1) is 16.0 Å². The van der Waals surface area contributed by atoms with Gasteiger partial charge in [0, 0.05) is 0 Å². The molecule has 18 heavy (non-hydrogen) atoms. The van der Waals surface area contributed by atoms with Crippen LogP contribution in [0.25, 0.3) is 0 Å². The quantitative estimate of drug-likeness (QED) is 0.806. The summed E-state index contributed by atoms with van der Waals surface area (Å²) in [5.74, 6) is 0. The molecule has 0 saturated carbocycles. The molecular formula is C16H16OS. The zero-order chi connectivity index (χ0) is 12.8. The first kappa shape index (κ1) is 12.8. The molecule has 0 heterocycles. The molecule has 0 fully saturated rings. The number of rotatable bonds is 4. The minimum absolute atomic E-state index is 0.0939. The van der Waals surface area contributed by atoms with Crippen molar-refractivity contribution in [3.05, 3.63) is 83.3 Å².